The van der Waals surface area contributed by atoms with E-state index >= 15 is 0 Å². The number of aryl methyl sites for hydroxylation is 1. The highest BCUT2D eigenvalue weighted by Gasteiger charge is 2.04. The maximum Gasteiger partial charge on any atom is 0.134 e. The van der Waals surface area contributed by atoms with E-state index in [9.17, 15) is 0 Å². The average molecular weight is 177 g/mol. The van der Waals surface area contributed by atoms with E-state index in [1.54, 1.807) is 0 Å². The van der Waals surface area contributed by atoms with Gasteiger partial charge in [-0.25, -0.2) is 5.90 Å². The van der Waals surface area contributed by atoms with Crippen molar-refractivity contribution in [1.29, 1.82) is 0 Å². The van der Waals surface area contributed by atoms with Crippen LogP contribution < -0.4 is 5.90 Å². The van der Waals surface area contributed by atoms with Crippen molar-refractivity contribution in [3.8, 4) is 0 Å². The molecule has 0 bridgehead atoms. The Kier molecular flexibility index (Phi) is 2.04. The van der Waals surface area contributed by atoms with Crippen LogP contribution in [0, 0.1) is 6.92 Å². The van der Waals surface area contributed by atoms with E-state index in [1.165, 1.54) is 5.56 Å². The Hall–Kier alpha value is -1.32. The summed E-state index contributed by atoms with van der Waals surface area (Å²) >= 11 is 0. The Morgan fingerprint density at radius 2 is 2.31 bits per heavy atom. The first-order chi connectivity index (χ1) is 6.31. The molecule has 0 fully saturated rings. The summed E-state index contributed by atoms with van der Waals surface area (Å²) in [5.74, 6) is 5.72. The molecule has 0 atom stereocenters. The van der Waals surface area contributed by atoms with Crippen LogP contribution in [0.4, 0.5) is 0 Å². The fraction of sp³-hybridized carbons (Fsp3) is 0.200. The third-order valence-electron chi connectivity index (χ3n) is 2.06. The zero-order chi connectivity index (χ0) is 9.26. The summed E-state index contributed by atoms with van der Waals surface area (Å²) in [6, 6.07) is 7.90. The Bertz CT molecular complexity index is 420. The van der Waals surface area contributed by atoms with Crippen LogP contribution in [0.15, 0.2) is 28.7 Å². The molecule has 0 saturated heterocycles. The van der Waals surface area contributed by atoms with Gasteiger partial charge in [0, 0.05) is 5.39 Å². The topological polar surface area (TPSA) is 48.4 Å². The van der Waals surface area contributed by atoms with Crippen molar-refractivity contribution in [2.24, 2.45) is 5.90 Å². The number of furan rings is 1. The van der Waals surface area contributed by atoms with Gasteiger partial charge in [0.2, 0.25) is 0 Å². The van der Waals surface area contributed by atoms with E-state index < -0.39 is 0 Å². The summed E-state index contributed by atoms with van der Waals surface area (Å²) < 4.78 is 5.48. The molecule has 0 aliphatic rings. The van der Waals surface area contributed by atoms with E-state index in [-0.39, 0.29) is 0 Å². The first-order valence-corrected chi connectivity index (χ1v) is 4.11. The number of hydrogen-bond donors (Lipinski definition) is 1. The lowest BCUT2D eigenvalue weighted by atomic mass is 10.1. The second-order valence-electron chi connectivity index (χ2n) is 3.01. The second-order valence-corrected chi connectivity index (χ2v) is 3.01. The quantitative estimate of drug-likeness (QED) is 0.715. The molecule has 3 heteroatoms. The molecule has 3 nitrogen and oxygen atoms in total. The number of hydrogen-bond acceptors (Lipinski definition) is 3. The summed E-state index contributed by atoms with van der Waals surface area (Å²) in [6.07, 6.45) is 0. The van der Waals surface area contributed by atoms with Gasteiger partial charge in [-0.2, -0.15) is 0 Å². The van der Waals surface area contributed by atoms with Gasteiger partial charge in [0.1, 0.15) is 18.0 Å². The molecule has 2 rings (SSSR count). The molecule has 0 aliphatic carbocycles. The molecule has 0 radical (unpaired) electrons. The van der Waals surface area contributed by atoms with Crippen molar-refractivity contribution < 1.29 is 9.25 Å². The number of fused-ring (bicyclic) bond motifs is 1. The number of rotatable bonds is 2. The second kappa shape index (κ2) is 3.20. The molecule has 0 aliphatic heterocycles. The molecule has 0 amide bonds. The van der Waals surface area contributed by atoms with Crippen LogP contribution in [-0.4, -0.2) is 0 Å². The Labute approximate surface area is 76.0 Å². The molecule has 1 aromatic heterocycles. The van der Waals surface area contributed by atoms with E-state index in [1.807, 2.05) is 31.2 Å². The SMILES string of the molecule is Cc1cccc2oc(CON)cc12. The average Bonchev–Trinajstić information content (AvgIpc) is 2.49. The highest BCUT2D eigenvalue weighted by Crippen LogP contribution is 2.22. The molecule has 1 heterocycles. The van der Waals surface area contributed by atoms with Crippen molar-refractivity contribution >= 4 is 11.0 Å². The van der Waals surface area contributed by atoms with Crippen LogP contribution >= 0.6 is 0 Å². The van der Waals surface area contributed by atoms with Crippen molar-refractivity contribution in [2.75, 3.05) is 0 Å². The Morgan fingerprint density at radius 1 is 1.46 bits per heavy atom. The van der Waals surface area contributed by atoms with Gasteiger partial charge in [0.15, 0.2) is 0 Å². The maximum atomic E-state index is 5.48. The lowest BCUT2D eigenvalue weighted by Crippen LogP contribution is -1.96. The largest absolute Gasteiger partial charge is 0.459 e. The highest BCUT2D eigenvalue weighted by molar-refractivity contribution is 5.81. The van der Waals surface area contributed by atoms with Crippen LogP contribution in [0.2, 0.25) is 0 Å². The fourth-order valence-electron chi connectivity index (χ4n) is 1.41. The zero-order valence-electron chi connectivity index (χ0n) is 7.41. The van der Waals surface area contributed by atoms with E-state index in [0.29, 0.717) is 6.61 Å². The monoisotopic (exact) mass is 177 g/mol. The summed E-state index contributed by atoms with van der Waals surface area (Å²) in [5.41, 5.74) is 2.08. The van der Waals surface area contributed by atoms with Crippen molar-refractivity contribution in [3.63, 3.8) is 0 Å². The van der Waals surface area contributed by atoms with Crippen LogP contribution in [0.25, 0.3) is 11.0 Å². The van der Waals surface area contributed by atoms with E-state index in [0.717, 1.165) is 16.7 Å². The minimum Gasteiger partial charge on any atom is -0.459 e. The van der Waals surface area contributed by atoms with Gasteiger partial charge in [-0.15, -0.1) is 0 Å². The third-order valence-corrected chi connectivity index (χ3v) is 2.06. The summed E-state index contributed by atoms with van der Waals surface area (Å²) in [5, 5.41) is 1.12. The molecule has 2 N–H and O–H groups in total. The standard InChI is InChI=1S/C10H11NO2/c1-7-3-2-4-10-9(7)5-8(13-10)6-12-11/h2-5H,6,11H2,1H3. The molecular weight excluding hydrogens is 166 g/mol. The molecule has 1 aromatic carbocycles. The molecule has 68 valence electrons. The van der Waals surface area contributed by atoms with Gasteiger partial charge < -0.3 is 4.42 Å². The van der Waals surface area contributed by atoms with Crippen molar-refractivity contribution in [3.05, 3.63) is 35.6 Å². The summed E-state index contributed by atoms with van der Waals surface area (Å²) in [7, 11) is 0. The van der Waals surface area contributed by atoms with Gasteiger partial charge in [0.25, 0.3) is 0 Å². The van der Waals surface area contributed by atoms with Gasteiger partial charge in [-0.3, -0.25) is 4.84 Å². The Morgan fingerprint density at radius 3 is 3.00 bits per heavy atom. The predicted octanol–water partition coefficient (Wildman–Crippen LogP) is 2.13. The molecular formula is C10H11NO2. The van der Waals surface area contributed by atoms with Crippen molar-refractivity contribution in [2.45, 2.75) is 13.5 Å². The lowest BCUT2D eigenvalue weighted by molar-refractivity contribution is 0.110. The predicted molar refractivity (Wildman–Crippen MR) is 49.9 cm³/mol. The minimum absolute atomic E-state index is 0.314. The summed E-state index contributed by atoms with van der Waals surface area (Å²) in [4.78, 5) is 4.50. The van der Waals surface area contributed by atoms with Gasteiger partial charge >= 0.3 is 0 Å². The van der Waals surface area contributed by atoms with Gasteiger partial charge in [-0.05, 0) is 24.6 Å². The van der Waals surface area contributed by atoms with Gasteiger partial charge in [-0.1, -0.05) is 12.1 Å². The van der Waals surface area contributed by atoms with E-state index in [4.69, 9.17) is 10.3 Å². The van der Waals surface area contributed by atoms with Gasteiger partial charge in [0.05, 0.1) is 0 Å². The third kappa shape index (κ3) is 1.43. The smallest absolute Gasteiger partial charge is 0.134 e. The van der Waals surface area contributed by atoms with Crippen LogP contribution in [0.3, 0.4) is 0 Å². The maximum absolute atomic E-state index is 5.48. The van der Waals surface area contributed by atoms with Crippen LogP contribution in [-0.2, 0) is 11.4 Å². The van der Waals surface area contributed by atoms with Crippen molar-refractivity contribution in [1.82, 2.24) is 0 Å². The molecule has 2 aromatic rings. The molecule has 0 spiro atoms. The minimum atomic E-state index is 0.314. The molecule has 13 heavy (non-hydrogen) atoms. The number of nitrogens with two attached hydrogens (primary N) is 1. The fourth-order valence-corrected chi connectivity index (χ4v) is 1.41. The first kappa shape index (κ1) is 8.29. The first-order valence-electron chi connectivity index (χ1n) is 4.11. The highest BCUT2D eigenvalue weighted by atomic mass is 16.6. The van der Waals surface area contributed by atoms with E-state index in [2.05, 4.69) is 4.84 Å². The van der Waals surface area contributed by atoms with Crippen LogP contribution in [0.5, 0.6) is 0 Å². The molecule has 0 saturated carbocycles. The van der Waals surface area contributed by atoms with Crippen LogP contribution in [0.1, 0.15) is 11.3 Å². The normalized spacial score (nSPS) is 10.9. The lowest BCUT2D eigenvalue weighted by Gasteiger charge is -1.90. The zero-order valence-corrected chi connectivity index (χ0v) is 7.41. The number of benzene rings is 1. The summed E-state index contributed by atoms with van der Waals surface area (Å²) in [6.45, 7) is 2.36. The molecule has 0 unspecified atom stereocenters. The Balaban J connectivity index is 2.55.